The van der Waals surface area contributed by atoms with Gasteiger partial charge in [0.15, 0.2) is 5.76 Å². The zero-order valence-corrected chi connectivity index (χ0v) is 13.6. The third-order valence-electron chi connectivity index (χ3n) is 3.54. The zero-order valence-electron chi connectivity index (χ0n) is 12.8. The highest BCUT2D eigenvalue weighted by Crippen LogP contribution is 2.43. The average molecular weight is 390 g/mol. The van der Waals surface area contributed by atoms with Crippen molar-refractivity contribution in [2.45, 2.75) is 37.6 Å². The minimum absolute atomic E-state index is 0.140. The van der Waals surface area contributed by atoms with E-state index in [1.54, 1.807) is 6.92 Å². The van der Waals surface area contributed by atoms with Gasteiger partial charge in [0.25, 0.3) is 0 Å². The van der Waals surface area contributed by atoms with Gasteiger partial charge in [-0.3, -0.25) is 0 Å². The minimum atomic E-state index is -5.98. The van der Waals surface area contributed by atoms with E-state index >= 15 is 0 Å². The fraction of sp³-hybridized carbons (Fsp3) is 0.429. The number of ether oxygens (including phenoxy) is 1. The Morgan fingerprint density at radius 2 is 1.76 bits per heavy atom. The molecule has 0 fully saturated rings. The number of rotatable bonds is 3. The molecule has 0 radical (unpaired) electrons. The van der Waals surface area contributed by atoms with E-state index in [1.165, 1.54) is 6.92 Å². The average Bonchev–Trinajstić information content (AvgIpc) is 2.44. The Bertz CT molecular complexity index is 810. The lowest BCUT2D eigenvalue weighted by Gasteiger charge is -2.33. The first-order valence-corrected chi connectivity index (χ1v) is 8.23. The summed E-state index contributed by atoms with van der Waals surface area (Å²) >= 11 is 0. The molecular weight excluding hydrogens is 378 g/mol. The first-order chi connectivity index (χ1) is 11.2. The number of hydrogen-bond acceptors (Lipinski definition) is 4. The maximum Gasteiger partial charge on any atom is 0.534 e. The van der Waals surface area contributed by atoms with E-state index in [0.717, 1.165) is 12.1 Å². The molecule has 1 heterocycles. The van der Waals surface area contributed by atoms with Gasteiger partial charge in [-0.25, -0.2) is 0 Å². The van der Waals surface area contributed by atoms with Gasteiger partial charge in [-0.05, 0) is 31.5 Å². The van der Waals surface area contributed by atoms with Gasteiger partial charge in [0.05, 0.1) is 11.1 Å². The van der Waals surface area contributed by atoms with Gasteiger partial charge in [-0.15, -0.1) is 0 Å². The lowest BCUT2D eigenvalue weighted by molar-refractivity contribution is -0.137. The third-order valence-corrected chi connectivity index (χ3v) is 4.50. The Balaban J connectivity index is 2.57. The molecule has 4 nitrogen and oxygen atoms in total. The Labute approximate surface area is 139 Å². The number of benzene rings is 1. The molecule has 0 amide bonds. The summed E-state index contributed by atoms with van der Waals surface area (Å²) in [5.41, 5.74) is -8.44. The molecule has 1 aliphatic rings. The quantitative estimate of drug-likeness (QED) is 0.434. The van der Waals surface area contributed by atoms with E-state index in [9.17, 15) is 34.8 Å². The van der Waals surface area contributed by atoms with E-state index in [4.69, 9.17) is 4.74 Å². The Hall–Kier alpha value is -1.91. The lowest BCUT2D eigenvalue weighted by Crippen LogP contribution is -2.34. The number of fused-ring (bicyclic) bond motifs is 1. The molecule has 0 saturated heterocycles. The molecule has 25 heavy (non-hydrogen) atoms. The molecule has 0 aromatic heterocycles. The van der Waals surface area contributed by atoms with Gasteiger partial charge in [0, 0.05) is 6.08 Å². The summed E-state index contributed by atoms with van der Waals surface area (Å²) < 4.78 is 108. The van der Waals surface area contributed by atoms with Gasteiger partial charge in [0.2, 0.25) is 0 Å². The number of halogens is 6. The molecule has 0 N–H and O–H groups in total. The summed E-state index contributed by atoms with van der Waals surface area (Å²) in [5, 5.41) is 0. The van der Waals surface area contributed by atoms with Crippen LogP contribution in [-0.2, 0) is 20.5 Å². The van der Waals surface area contributed by atoms with E-state index < -0.39 is 44.5 Å². The summed E-state index contributed by atoms with van der Waals surface area (Å²) in [6.07, 6.45) is -3.57. The van der Waals surface area contributed by atoms with E-state index in [2.05, 4.69) is 4.18 Å². The summed E-state index contributed by atoms with van der Waals surface area (Å²) in [6.45, 7) is 2.94. The van der Waals surface area contributed by atoms with E-state index in [1.807, 2.05) is 0 Å². The van der Waals surface area contributed by atoms with Gasteiger partial charge in [-0.1, -0.05) is 6.92 Å². The highest BCUT2D eigenvalue weighted by atomic mass is 32.2. The molecule has 140 valence electrons. The normalized spacial score (nSPS) is 21.2. The maximum atomic E-state index is 12.8. The molecule has 0 spiro atoms. The number of alkyl halides is 6. The van der Waals surface area contributed by atoms with Crippen LogP contribution in [0.4, 0.5) is 26.3 Å². The molecule has 1 atom stereocenters. The van der Waals surface area contributed by atoms with E-state index in [0.29, 0.717) is 12.1 Å². The van der Waals surface area contributed by atoms with Crippen molar-refractivity contribution in [2.24, 2.45) is 0 Å². The van der Waals surface area contributed by atoms with Crippen LogP contribution in [0.25, 0.3) is 5.76 Å². The van der Waals surface area contributed by atoms with Crippen LogP contribution in [0.5, 0.6) is 5.75 Å². The first kappa shape index (κ1) is 19.4. The molecule has 1 aromatic carbocycles. The minimum Gasteiger partial charge on any atom is -0.483 e. The summed E-state index contributed by atoms with van der Waals surface area (Å²) in [5.74, 6) is -1.16. The van der Waals surface area contributed by atoms with E-state index in [-0.39, 0.29) is 12.0 Å². The second-order valence-corrected chi connectivity index (χ2v) is 7.01. The Morgan fingerprint density at radius 3 is 2.24 bits per heavy atom. The van der Waals surface area contributed by atoms with Crippen LogP contribution in [0.15, 0.2) is 24.3 Å². The fourth-order valence-electron chi connectivity index (χ4n) is 2.03. The highest BCUT2D eigenvalue weighted by molar-refractivity contribution is 7.87. The zero-order chi connectivity index (χ0) is 19.3. The predicted octanol–water partition coefficient (Wildman–Crippen LogP) is 4.47. The molecular formula is C14H12F6O4S. The van der Waals surface area contributed by atoms with Crippen LogP contribution in [-0.4, -0.2) is 19.5 Å². The van der Waals surface area contributed by atoms with Crippen LogP contribution >= 0.6 is 0 Å². The van der Waals surface area contributed by atoms with Crippen LogP contribution in [0.3, 0.4) is 0 Å². The van der Waals surface area contributed by atoms with Crippen LogP contribution in [0.2, 0.25) is 0 Å². The molecule has 11 heteroatoms. The van der Waals surface area contributed by atoms with Crippen LogP contribution in [0.1, 0.15) is 31.4 Å². The molecule has 0 bridgehead atoms. The molecule has 1 aliphatic heterocycles. The molecule has 0 aliphatic carbocycles. The summed E-state index contributed by atoms with van der Waals surface area (Å²) in [6, 6.07) is 1.97. The second-order valence-electron chi connectivity index (χ2n) is 5.47. The van der Waals surface area contributed by atoms with Gasteiger partial charge in [-0.2, -0.15) is 34.8 Å². The summed E-state index contributed by atoms with van der Waals surface area (Å²) in [4.78, 5) is 0. The van der Waals surface area contributed by atoms with Crippen molar-refractivity contribution < 1.29 is 43.7 Å². The first-order valence-electron chi connectivity index (χ1n) is 6.83. The van der Waals surface area contributed by atoms with Gasteiger partial charge >= 0.3 is 21.8 Å². The third kappa shape index (κ3) is 3.86. The topological polar surface area (TPSA) is 52.6 Å². The molecule has 0 saturated carbocycles. The monoisotopic (exact) mass is 390 g/mol. The van der Waals surface area contributed by atoms with Gasteiger partial charge in [0.1, 0.15) is 11.4 Å². The Morgan fingerprint density at radius 1 is 1.16 bits per heavy atom. The van der Waals surface area contributed by atoms with Crippen LogP contribution in [0, 0.1) is 0 Å². The largest absolute Gasteiger partial charge is 0.534 e. The van der Waals surface area contributed by atoms with Crippen molar-refractivity contribution in [2.75, 3.05) is 0 Å². The Kier molecular flexibility index (Phi) is 4.52. The second kappa shape index (κ2) is 5.82. The van der Waals surface area contributed by atoms with Crippen molar-refractivity contribution in [3.05, 3.63) is 35.4 Å². The molecule has 1 aromatic rings. The van der Waals surface area contributed by atoms with Crippen molar-refractivity contribution in [3.8, 4) is 5.75 Å². The highest BCUT2D eigenvalue weighted by Gasteiger charge is 2.50. The van der Waals surface area contributed by atoms with Crippen LogP contribution < -0.4 is 4.74 Å². The maximum absolute atomic E-state index is 12.8. The van der Waals surface area contributed by atoms with Crippen molar-refractivity contribution in [1.82, 2.24) is 0 Å². The molecule has 1 unspecified atom stereocenters. The standard InChI is InChI=1S/C14H12F6O4S/c1-3-12(2)7-11(24-25(21,22)14(18,19)20)9-5-4-8(13(15,16)17)6-10(9)23-12/h4-7H,3H2,1-2H3. The fourth-order valence-corrected chi connectivity index (χ4v) is 2.50. The predicted molar refractivity (Wildman–Crippen MR) is 74.8 cm³/mol. The summed E-state index contributed by atoms with van der Waals surface area (Å²) in [7, 11) is -5.98. The molecule has 2 rings (SSSR count). The van der Waals surface area contributed by atoms with Crippen molar-refractivity contribution >= 4 is 15.9 Å². The lowest BCUT2D eigenvalue weighted by atomic mass is 9.95. The SMILES string of the molecule is CCC1(C)C=C(OS(=O)(=O)C(F)(F)F)c2ccc(C(F)(F)F)cc2O1. The van der Waals surface area contributed by atoms with Crippen molar-refractivity contribution in [3.63, 3.8) is 0 Å². The van der Waals surface area contributed by atoms with Crippen molar-refractivity contribution in [1.29, 1.82) is 0 Å². The number of hydrogen-bond donors (Lipinski definition) is 0. The smallest absolute Gasteiger partial charge is 0.483 e. The van der Waals surface area contributed by atoms with Gasteiger partial charge < -0.3 is 8.92 Å².